The maximum Gasteiger partial charge on any atom is 0.486 e. The molecule has 0 fully saturated rings. The highest BCUT2D eigenvalue weighted by molar-refractivity contribution is 7.55. The molecule has 4 nitrogen and oxygen atoms in total. The van der Waals surface area contributed by atoms with Crippen LogP contribution < -0.4 is 9.61 Å². The van der Waals surface area contributed by atoms with Crippen molar-refractivity contribution in [3.05, 3.63) is 59.4 Å². The average molecular weight is 384 g/mol. The Labute approximate surface area is 139 Å². The molecule has 0 aliphatic heterocycles. The van der Waals surface area contributed by atoms with Gasteiger partial charge in [-0.05, 0) is 48.5 Å². The predicted octanol–water partition coefficient (Wildman–Crippen LogP) is 5.66. The lowest BCUT2D eigenvalue weighted by Gasteiger charge is -2.21. The normalized spacial score (nSPS) is 14.0. The van der Waals surface area contributed by atoms with Gasteiger partial charge in [-0.25, -0.2) is 8.96 Å². The van der Waals surface area contributed by atoms with Gasteiger partial charge in [0.15, 0.2) is 6.61 Å². The second kappa shape index (κ2) is 7.42. The molecule has 2 aromatic carbocycles. The molecular weight excluding hydrogens is 373 g/mol. The van der Waals surface area contributed by atoms with E-state index < -0.39 is 26.3 Å². The number of rotatable bonds is 6. The van der Waals surface area contributed by atoms with Crippen LogP contribution >= 0.6 is 19.3 Å². The number of benzene rings is 2. The van der Waals surface area contributed by atoms with Crippen molar-refractivity contribution in [2.24, 2.45) is 0 Å². The summed E-state index contributed by atoms with van der Waals surface area (Å²) in [6.07, 6.45) is -4.70. The average Bonchev–Trinajstić information content (AvgIpc) is 2.50. The summed E-state index contributed by atoms with van der Waals surface area (Å²) in [5, 5.41) is 2.59. The number of hydrogen-bond acceptors (Lipinski definition) is 3. The molecule has 0 saturated heterocycles. The zero-order valence-electron chi connectivity index (χ0n) is 11.9. The van der Waals surface area contributed by atoms with E-state index >= 15 is 0 Å². The molecule has 0 spiro atoms. The number of halogens is 5. The van der Waals surface area contributed by atoms with Crippen LogP contribution in [0.3, 0.4) is 0 Å². The van der Waals surface area contributed by atoms with Crippen molar-refractivity contribution in [3.8, 4) is 5.75 Å². The lowest BCUT2D eigenvalue weighted by Crippen LogP contribution is -2.19. The first-order chi connectivity index (χ1) is 11.2. The van der Waals surface area contributed by atoms with Crippen LogP contribution in [0.25, 0.3) is 0 Å². The van der Waals surface area contributed by atoms with Crippen molar-refractivity contribution in [2.75, 3.05) is 11.7 Å². The second-order valence-corrected chi connectivity index (χ2v) is 6.65. The highest BCUT2D eigenvalue weighted by Crippen LogP contribution is 2.49. The van der Waals surface area contributed by atoms with E-state index in [1.807, 2.05) is 0 Å². The van der Waals surface area contributed by atoms with Crippen LogP contribution in [-0.4, -0.2) is 12.8 Å². The summed E-state index contributed by atoms with van der Waals surface area (Å²) in [6, 6.07) is 9.90. The van der Waals surface area contributed by atoms with Gasteiger partial charge in [0.05, 0.1) is 0 Å². The monoisotopic (exact) mass is 383 g/mol. The third kappa shape index (κ3) is 6.03. The lowest BCUT2D eigenvalue weighted by atomic mass is 10.3. The molecule has 0 heterocycles. The van der Waals surface area contributed by atoms with Gasteiger partial charge in [-0.3, -0.25) is 9.61 Å². The molecule has 24 heavy (non-hydrogen) atoms. The molecular formula is C14H11ClF4NO3P. The van der Waals surface area contributed by atoms with Gasteiger partial charge in [-0.2, -0.15) is 13.2 Å². The van der Waals surface area contributed by atoms with Gasteiger partial charge in [-0.1, -0.05) is 11.6 Å². The standard InChI is InChI=1S/C14H11ClF4NO3P/c15-10-1-7-13(8-2-10)23-24(21,22-9-14(17,18)19)20-12-5-3-11(16)4-6-12/h1-8H,9H2,(H,20,21). The van der Waals surface area contributed by atoms with E-state index in [9.17, 15) is 22.1 Å². The quantitative estimate of drug-likeness (QED) is 0.516. The first-order valence-corrected chi connectivity index (χ1v) is 8.38. The van der Waals surface area contributed by atoms with E-state index in [-0.39, 0.29) is 11.4 Å². The fourth-order valence-electron chi connectivity index (χ4n) is 1.56. The van der Waals surface area contributed by atoms with Gasteiger partial charge in [0.25, 0.3) is 0 Å². The van der Waals surface area contributed by atoms with E-state index in [1.165, 1.54) is 36.4 Å². The molecule has 0 bridgehead atoms. The van der Waals surface area contributed by atoms with Crippen LogP contribution in [0.15, 0.2) is 48.5 Å². The highest BCUT2D eigenvalue weighted by Gasteiger charge is 2.36. The fourth-order valence-corrected chi connectivity index (χ4v) is 3.03. The molecule has 1 atom stereocenters. The van der Waals surface area contributed by atoms with Gasteiger partial charge in [-0.15, -0.1) is 0 Å². The van der Waals surface area contributed by atoms with Gasteiger partial charge in [0, 0.05) is 10.7 Å². The predicted molar refractivity (Wildman–Crippen MR) is 81.7 cm³/mol. The highest BCUT2D eigenvalue weighted by atomic mass is 35.5. The first-order valence-electron chi connectivity index (χ1n) is 6.46. The Balaban J connectivity index is 2.20. The Morgan fingerprint density at radius 1 is 1.04 bits per heavy atom. The minimum absolute atomic E-state index is 0.0143. The number of hydrogen-bond donors (Lipinski definition) is 1. The van der Waals surface area contributed by atoms with Crippen LogP contribution in [0.2, 0.25) is 5.02 Å². The fraction of sp³-hybridized carbons (Fsp3) is 0.143. The molecule has 0 aromatic heterocycles. The Bertz CT molecular complexity index is 671. The van der Waals surface area contributed by atoms with Gasteiger partial charge >= 0.3 is 13.9 Å². The van der Waals surface area contributed by atoms with Crippen molar-refractivity contribution in [3.63, 3.8) is 0 Å². The maximum absolute atomic E-state index is 12.9. The largest absolute Gasteiger partial charge is 0.486 e. The molecule has 0 saturated carbocycles. The molecule has 1 unspecified atom stereocenters. The van der Waals surface area contributed by atoms with E-state index in [0.29, 0.717) is 5.02 Å². The summed E-state index contributed by atoms with van der Waals surface area (Å²) in [5.74, 6) is -0.579. The summed E-state index contributed by atoms with van der Waals surface area (Å²) in [7, 11) is -4.43. The van der Waals surface area contributed by atoms with Crippen molar-refractivity contribution in [2.45, 2.75) is 6.18 Å². The zero-order chi connectivity index (χ0) is 17.8. The van der Waals surface area contributed by atoms with Crippen molar-refractivity contribution in [1.29, 1.82) is 0 Å². The van der Waals surface area contributed by atoms with E-state index in [4.69, 9.17) is 16.1 Å². The van der Waals surface area contributed by atoms with Gasteiger partial charge in [0.1, 0.15) is 11.6 Å². The van der Waals surface area contributed by atoms with E-state index in [0.717, 1.165) is 12.1 Å². The molecule has 10 heteroatoms. The third-order valence-electron chi connectivity index (χ3n) is 2.55. The summed E-state index contributed by atoms with van der Waals surface area (Å²) >= 11 is 5.69. The van der Waals surface area contributed by atoms with Crippen LogP contribution in [0, 0.1) is 5.82 Å². The van der Waals surface area contributed by atoms with E-state index in [2.05, 4.69) is 9.61 Å². The molecule has 0 amide bonds. The Kier molecular flexibility index (Phi) is 5.74. The Morgan fingerprint density at radius 2 is 1.62 bits per heavy atom. The van der Waals surface area contributed by atoms with Crippen LogP contribution in [0.5, 0.6) is 5.75 Å². The molecule has 2 rings (SSSR count). The number of anilines is 1. The molecule has 0 radical (unpaired) electrons. The van der Waals surface area contributed by atoms with Crippen molar-refractivity contribution < 1.29 is 31.2 Å². The summed E-state index contributed by atoms with van der Waals surface area (Å²) in [4.78, 5) is 0. The summed E-state index contributed by atoms with van der Waals surface area (Å²) in [6.45, 7) is -1.79. The molecule has 130 valence electrons. The van der Waals surface area contributed by atoms with Crippen LogP contribution in [0.4, 0.5) is 23.2 Å². The van der Waals surface area contributed by atoms with Crippen molar-refractivity contribution in [1.82, 2.24) is 0 Å². The van der Waals surface area contributed by atoms with E-state index in [1.54, 1.807) is 0 Å². The molecule has 0 aliphatic rings. The number of nitrogens with one attached hydrogen (secondary N) is 1. The molecule has 0 aliphatic carbocycles. The smallest absolute Gasteiger partial charge is 0.409 e. The minimum Gasteiger partial charge on any atom is -0.409 e. The van der Waals surface area contributed by atoms with Crippen LogP contribution in [-0.2, 0) is 9.09 Å². The second-order valence-electron chi connectivity index (χ2n) is 4.55. The topological polar surface area (TPSA) is 47.6 Å². The SMILES string of the molecule is O=P(Nc1ccc(F)cc1)(OCC(F)(F)F)Oc1ccc(Cl)cc1. The maximum atomic E-state index is 12.9. The number of alkyl halides is 3. The summed E-state index contributed by atoms with van der Waals surface area (Å²) in [5.41, 5.74) is 0.0656. The zero-order valence-corrected chi connectivity index (χ0v) is 13.5. The summed E-state index contributed by atoms with van der Waals surface area (Å²) < 4.78 is 72.1. The van der Waals surface area contributed by atoms with Gasteiger partial charge in [0.2, 0.25) is 0 Å². The lowest BCUT2D eigenvalue weighted by molar-refractivity contribution is -0.154. The van der Waals surface area contributed by atoms with Crippen molar-refractivity contribution >= 4 is 25.0 Å². The Hall–Kier alpha value is -1.76. The molecule has 2 aromatic rings. The molecule has 1 N–H and O–H groups in total. The Morgan fingerprint density at radius 3 is 2.17 bits per heavy atom. The third-order valence-corrected chi connectivity index (χ3v) is 4.25. The first kappa shape index (κ1) is 18.6. The van der Waals surface area contributed by atoms with Crippen LogP contribution in [0.1, 0.15) is 0 Å². The minimum atomic E-state index is -4.70. The van der Waals surface area contributed by atoms with Gasteiger partial charge < -0.3 is 4.52 Å².